The summed E-state index contributed by atoms with van der Waals surface area (Å²) < 4.78 is 0. The zero-order chi connectivity index (χ0) is 8.48. The summed E-state index contributed by atoms with van der Waals surface area (Å²) in [6.07, 6.45) is 1.32. The van der Waals surface area contributed by atoms with Gasteiger partial charge in [0.25, 0.3) is 0 Å². The summed E-state index contributed by atoms with van der Waals surface area (Å²) in [4.78, 5) is 0. The van der Waals surface area contributed by atoms with Crippen molar-refractivity contribution in [1.29, 1.82) is 0 Å². The van der Waals surface area contributed by atoms with Crippen molar-refractivity contribution < 1.29 is 5.11 Å². The van der Waals surface area contributed by atoms with Gasteiger partial charge in [-0.3, -0.25) is 0 Å². The Labute approximate surface area is 67.5 Å². The molecule has 0 bridgehead atoms. The van der Waals surface area contributed by atoms with Crippen molar-refractivity contribution in [2.45, 2.75) is 18.6 Å². The second kappa shape index (κ2) is 3.06. The van der Waals surface area contributed by atoms with Crippen molar-refractivity contribution >= 4 is 0 Å². The van der Waals surface area contributed by atoms with E-state index in [9.17, 15) is 5.11 Å². The van der Waals surface area contributed by atoms with Crippen LogP contribution in [0.15, 0.2) is 0 Å². The summed E-state index contributed by atoms with van der Waals surface area (Å²) in [5.74, 6) is 0. The van der Waals surface area contributed by atoms with Crippen molar-refractivity contribution in [3.05, 3.63) is 0 Å². The van der Waals surface area contributed by atoms with Crippen LogP contribution in [0.5, 0.6) is 0 Å². The summed E-state index contributed by atoms with van der Waals surface area (Å²) in [7, 11) is 4.00. The van der Waals surface area contributed by atoms with Crippen LogP contribution in [0.25, 0.3) is 0 Å². The fourth-order valence-electron chi connectivity index (χ4n) is 1.28. The van der Waals surface area contributed by atoms with Crippen LogP contribution in [0.3, 0.4) is 0 Å². The Balaban J connectivity index is 2.36. The van der Waals surface area contributed by atoms with Crippen LogP contribution in [0.1, 0.15) is 12.8 Å². The van der Waals surface area contributed by atoms with Gasteiger partial charge in [-0.1, -0.05) is 0 Å². The van der Waals surface area contributed by atoms with Crippen LogP contribution in [0, 0.1) is 0 Å². The van der Waals surface area contributed by atoms with Gasteiger partial charge in [-0.15, -0.1) is 0 Å². The lowest BCUT2D eigenvalue weighted by Crippen LogP contribution is -2.53. The Hall–Kier alpha value is -0.160. The minimum Gasteiger partial charge on any atom is -0.376 e. The predicted octanol–water partition coefficient (Wildman–Crippen LogP) is -0.794. The molecular formula is C7H17N3O. The zero-order valence-corrected chi connectivity index (χ0v) is 7.25. The molecule has 0 aromatic carbocycles. The molecule has 0 aliphatic carbocycles. The maximum Gasteiger partial charge on any atom is 0.116 e. The minimum absolute atomic E-state index is 0.658. The van der Waals surface area contributed by atoms with E-state index in [0.717, 1.165) is 13.1 Å². The summed E-state index contributed by atoms with van der Waals surface area (Å²) >= 11 is 0. The molecule has 3 N–H and O–H groups in total. The average Bonchev–Trinajstić information content (AvgIpc) is 1.86. The molecule has 0 saturated carbocycles. The molecule has 1 fully saturated rings. The number of aliphatic hydroxyl groups is 1. The molecule has 0 amide bonds. The molecular weight excluding hydrogens is 142 g/mol. The van der Waals surface area contributed by atoms with Crippen LogP contribution in [0.4, 0.5) is 0 Å². The largest absolute Gasteiger partial charge is 0.376 e. The quantitative estimate of drug-likeness (QED) is 0.492. The van der Waals surface area contributed by atoms with Gasteiger partial charge in [0.05, 0.1) is 0 Å². The Kier molecular flexibility index (Phi) is 2.49. The fourth-order valence-corrected chi connectivity index (χ4v) is 1.28. The molecule has 1 rings (SSSR count). The van der Waals surface area contributed by atoms with Gasteiger partial charge in [0.1, 0.15) is 5.72 Å². The molecule has 0 aromatic rings. The van der Waals surface area contributed by atoms with Crippen molar-refractivity contribution in [1.82, 2.24) is 10.0 Å². The Morgan fingerprint density at radius 1 is 1.36 bits per heavy atom. The third-order valence-corrected chi connectivity index (χ3v) is 2.17. The zero-order valence-electron chi connectivity index (χ0n) is 7.25. The fraction of sp³-hybridized carbons (Fsp3) is 1.00. The van der Waals surface area contributed by atoms with Crippen LogP contribution in [-0.2, 0) is 0 Å². The topological polar surface area (TPSA) is 52.7 Å². The Morgan fingerprint density at radius 2 is 1.82 bits per heavy atom. The molecule has 0 atom stereocenters. The number of rotatable bonds is 1. The third kappa shape index (κ3) is 2.41. The van der Waals surface area contributed by atoms with E-state index in [1.54, 1.807) is 0 Å². The first kappa shape index (κ1) is 8.93. The van der Waals surface area contributed by atoms with E-state index in [1.807, 2.05) is 19.1 Å². The van der Waals surface area contributed by atoms with Crippen LogP contribution >= 0.6 is 0 Å². The molecule has 0 spiro atoms. The highest BCUT2D eigenvalue weighted by Gasteiger charge is 2.28. The van der Waals surface area contributed by atoms with Gasteiger partial charge in [0, 0.05) is 40.0 Å². The van der Waals surface area contributed by atoms with Gasteiger partial charge in [-0.25, -0.2) is 10.0 Å². The lowest BCUT2D eigenvalue weighted by molar-refractivity contribution is -0.0757. The molecule has 1 saturated heterocycles. The van der Waals surface area contributed by atoms with E-state index in [2.05, 4.69) is 5.01 Å². The SMILES string of the molecule is CN(C)N1CCC(N)(O)CC1. The molecule has 0 radical (unpaired) electrons. The van der Waals surface area contributed by atoms with E-state index in [4.69, 9.17) is 5.73 Å². The molecule has 0 unspecified atom stereocenters. The van der Waals surface area contributed by atoms with E-state index < -0.39 is 5.72 Å². The summed E-state index contributed by atoms with van der Waals surface area (Å²) in [5, 5.41) is 13.6. The van der Waals surface area contributed by atoms with Crippen LogP contribution < -0.4 is 5.73 Å². The minimum atomic E-state index is -0.924. The van der Waals surface area contributed by atoms with Crippen molar-refractivity contribution in [2.24, 2.45) is 5.73 Å². The highest BCUT2D eigenvalue weighted by Crippen LogP contribution is 2.16. The van der Waals surface area contributed by atoms with Gasteiger partial charge in [-0.2, -0.15) is 0 Å². The molecule has 4 nitrogen and oxygen atoms in total. The molecule has 11 heavy (non-hydrogen) atoms. The Morgan fingerprint density at radius 3 is 2.18 bits per heavy atom. The standard InChI is InChI=1S/C7H17N3O/c1-9(2)10-5-3-7(8,11)4-6-10/h11H,3-6,8H2,1-2H3. The second-order valence-electron chi connectivity index (χ2n) is 3.40. The summed E-state index contributed by atoms with van der Waals surface area (Å²) in [5.41, 5.74) is 4.63. The number of nitrogens with two attached hydrogens (primary N) is 1. The highest BCUT2D eigenvalue weighted by molar-refractivity contribution is 4.78. The van der Waals surface area contributed by atoms with Crippen LogP contribution in [-0.4, -0.2) is 48.0 Å². The summed E-state index contributed by atoms with van der Waals surface area (Å²) in [6.45, 7) is 1.69. The van der Waals surface area contributed by atoms with Crippen molar-refractivity contribution in [3.63, 3.8) is 0 Å². The number of hydrazine groups is 1. The van der Waals surface area contributed by atoms with Gasteiger partial charge in [0.15, 0.2) is 0 Å². The second-order valence-corrected chi connectivity index (χ2v) is 3.40. The van der Waals surface area contributed by atoms with E-state index >= 15 is 0 Å². The molecule has 1 aliphatic heterocycles. The first-order valence-electron chi connectivity index (χ1n) is 3.95. The number of hydrogen-bond acceptors (Lipinski definition) is 4. The monoisotopic (exact) mass is 159 g/mol. The first-order valence-corrected chi connectivity index (χ1v) is 3.95. The van der Waals surface area contributed by atoms with E-state index in [1.165, 1.54) is 0 Å². The average molecular weight is 159 g/mol. The van der Waals surface area contributed by atoms with E-state index in [-0.39, 0.29) is 0 Å². The molecule has 1 heterocycles. The number of hydrogen-bond donors (Lipinski definition) is 2. The molecule has 4 heteroatoms. The first-order chi connectivity index (χ1) is 5.01. The Bertz CT molecular complexity index is 126. The maximum absolute atomic E-state index is 9.41. The van der Waals surface area contributed by atoms with Crippen molar-refractivity contribution in [3.8, 4) is 0 Å². The number of nitrogens with zero attached hydrogens (tertiary/aromatic N) is 2. The van der Waals surface area contributed by atoms with E-state index in [0.29, 0.717) is 12.8 Å². The smallest absolute Gasteiger partial charge is 0.116 e. The lowest BCUT2D eigenvalue weighted by Gasteiger charge is -2.38. The van der Waals surface area contributed by atoms with Gasteiger partial charge in [0.2, 0.25) is 0 Å². The van der Waals surface area contributed by atoms with Gasteiger partial charge < -0.3 is 10.8 Å². The molecule has 0 aromatic heterocycles. The van der Waals surface area contributed by atoms with Crippen LogP contribution in [0.2, 0.25) is 0 Å². The predicted molar refractivity (Wildman–Crippen MR) is 43.6 cm³/mol. The highest BCUT2D eigenvalue weighted by atomic mass is 16.3. The lowest BCUT2D eigenvalue weighted by atomic mass is 10.0. The van der Waals surface area contributed by atoms with Gasteiger partial charge in [-0.05, 0) is 0 Å². The number of piperidine rings is 1. The molecule has 1 aliphatic rings. The van der Waals surface area contributed by atoms with Gasteiger partial charge >= 0.3 is 0 Å². The summed E-state index contributed by atoms with van der Waals surface area (Å²) in [6, 6.07) is 0. The normalized spacial score (nSPS) is 25.9. The van der Waals surface area contributed by atoms with Crippen molar-refractivity contribution in [2.75, 3.05) is 27.2 Å². The molecule has 66 valence electrons. The third-order valence-electron chi connectivity index (χ3n) is 2.17. The maximum atomic E-state index is 9.41.